The van der Waals surface area contributed by atoms with Crippen molar-refractivity contribution in [3.05, 3.63) is 11.6 Å². The van der Waals surface area contributed by atoms with Crippen molar-refractivity contribution in [3.63, 3.8) is 0 Å². The molecular formula is C19H32N6. The molecule has 25 heavy (non-hydrogen) atoms. The van der Waals surface area contributed by atoms with Crippen molar-refractivity contribution < 1.29 is 0 Å². The number of aliphatic imine (C=N–C) groups is 1. The van der Waals surface area contributed by atoms with E-state index in [0.717, 1.165) is 37.1 Å². The maximum atomic E-state index is 4.58. The molecule has 1 unspecified atom stereocenters. The lowest BCUT2D eigenvalue weighted by Gasteiger charge is -2.34. The topological polar surface area (TPSA) is 58.3 Å². The van der Waals surface area contributed by atoms with Crippen molar-refractivity contribution in [1.82, 2.24) is 25.0 Å². The summed E-state index contributed by atoms with van der Waals surface area (Å²) in [7, 11) is 1.93. The molecule has 2 aliphatic heterocycles. The van der Waals surface area contributed by atoms with Gasteiger partial charge < -0.3 is 14.8 Å². The molecule has 6 heteroatoms. The van der Waals surface area contributed by atoms with Gasteiger partial charge in [0.05, 0.1) is 0 Å². The van der Waals surface area contributed by atoms with E-state index < -0.39 is 0 Å². The van der Waals surface area contributed by atoms with Crippen LogP contribution in [-0.2, 0) is 13.0 Å². The lowest BCUT2D eigenvalue weighted by atomic mass is 9.73. The van der Waals surface area contributed by atoms with E-state index in [1.807, 2.05) is 7.05 Å². The number of nitrogens with zero attached hydrogens (tertiary/aromatic N) is 5. The Morgan fingerprint density at radius 1 is 1.24 bits per heavy atom. The first-order valence-corrected chi connectivity index (χ1v) is 10.0. The highest BCUT2D eigenvalue weighted by Crippen LogP contribution is 2.43. The average molecular weight is 345 g/mol. The number of guanidine groups is 1. The summed E-state index contributed by atoms with van der Waals surface area (Å²) in [6.45, 7) is 6.44. The third-order valence-corrected chi connectivity index (χ3v) is 6.64. The van der Waals surface area contributed by atoms with Gasteiger partial charge in [-0.05, 0) is 43.9 Å². The minimum atomic E-state index is 0.579. The van der Waals surface area contributed by atoms with Crippen LogP contribution in [0.4, 0.5) is 0 Å². The fourth-order valence-corrected chi connectivity index (χ4v) is 5.09. The monoisotopic (exact) mass is 344 g/mol. The van der Waals surface area contributed by atoms with Gasteiger partial charge in [-0.3, -0.25) is 4.99 Å². The molecule has 4 rings (SSSR count). The maximum Gasteiger partial charge on any atom is 0.193 e. The lowest BCUT2D eigenvalue weighted by molar-refractivity contribution is 0.203. The highest BCUT2D eigenvalue weighted by Gasteiger charge is 2.39. The van der Waals surface area contributed by atoms with E-state index in [9.17, 15) is 0 Å². The maximum absolute atomic E-state index is 4.58. The summed E-state index contributed by atoms with van der Waals surface area (Å²) in [5.41, 5.74) is 0.579. The summed E-state index contributed by atoms with van der Waals surface area (Å²) in [5, 5.41) is 12.2. The number of hydrogen-bond acceptors (Lipinski definition) is 3. The van der Waals surface area contributed by atoms with Gasteiger partial charge in [0.1, 0.15) is 11.6 Å². The third kappa shape index (κ3) is 3.40. The van der Waals surface area contributed by atoms with Gasteiger partial charge in [-0.25, -0.2) is 0 Å². The van der Waals surface area contributed by atoms with Gasteiger partial charge in [-0.15, -0.1) is 10.2 Å². The van der Waals surface area contributed by atoms with Crippen molar-refractivity contribution in [2.24, 2.45) is 16.3 Å². The van der Waals surface area contributed by atoms with Crippen LogP contribution in [-0.4, -0.2) is 52.3 Å². The van der Waals surface area contributed by atoms with Crippen molar-refractivity contribution in [1.29, 1.82) is 0 Å². The van der Waals surface area contributed by atoms with Gasteiger partial charge in [0.25, 0.3) is 0 Å². The highest BCUT2D eigenvalue weighted by molar-refractivity contribution is 5.80. The first-order valence-electron chi connectivity index (χ1n) is 10.0. The number of likely N-dealkylation sites (tertiary alicyclic amines) is 1. The molecule has 1 N–H and O–H groups in total. The average Bonchev–Trinajstić information content (AvgIpc) is 3.21. The normalized spacial score (nSPS) is 26.1. The molecule has 3 heterocycles. The number of aryl methyl sites for hydroxylation is 2. The molecule has 6 nitrogen and oxygen atoms in total. The molecule has 0 bridgehead atoms. The molecule has 0 aromatic carbocycles. The molecule has 0 radical (unpaired) electrons. The summed E-state index contributed by atoms with van der Waals surface area (Å²) >= 11 is 0. The molecule has 1 aliphatic carbocycles. The fourth-order valence-electron chi connectivity index (χ4n) is 5.09. The van der Waals surface area contributed by atoms with Crippen molar-refractivity contribution in [3.8, 4) is 0 Å². The van der Waals surface area contributed by atoms with E-state index in [2.05, 4.69) is 36.9 Å². The van der Waals surface area contributed by atoms with Gasteiger partial charge in [0.2, 0.25) is 0 Å². The second-order valence-electron chi connectivity index (χ2n) is 8.34. The van der Waals surface area contributed by atoms with Crippen LogP contribution in [0, 0.1) is 18.3 Å². The van der Waals surface area contributed by atoms with Gasteiger partial charge in [-0.2, -0.15) is 0 Å². The minimum Gasteiger partial charge on any atom is -0.356 e. The number of aromatic nitrogens is 3. The van der Waals surface area contributed by atoms with E-state index in [1.54, 1.807) is 0 Å². The minimum absolute atomic E-state index is 0.579. The second-order valence-corrected chi connectivity index (χ2v) is 8.34. The molecule has 0 amide bonds. The largest absolute Gasteiger partial charge is 0.356 e. The predicted octanol–water partition coefficient (Wildman–Crippen LogP) is 2.38. The second kappa shape index (κ2) is 6.96. The quantitative estimate of drug-likeness (QED) is 0.661. The van der Waals surface area contributed by atoms with Crippen LogP contribution in [0.5, 0.6) is 0 Å². The lowest BCUT2D eigenvalue weighted by Crippen LogP contribution is -2.44. The van der Waals surface area contributed by atoms with Crippen LogP contribution in [0.2, 0.25) is 0 Å². The number of rotatable bonds is 2. The molecule has 1 saturated heterocycles. The Morgan fingerprint density at radius 3 is 2.88 bits per heavy atom. The number of hydrogen-bond donors (Lipinski definition) is 1. The van der Waals surface area contributed by atoms with E-state index in [0.29, 0.717) is 11.3 Å². The summed E-state index contributed by atoms with van der Waals surface area (Å²) in [5.74, 6) is 3.93. The highest BCUT2D eigenvalue weighted by atomic mass is 15.3. The van der Waals surface area contributed by atoms with Crippen LogP contribution in [0.3, 0.4) is 0 Å². The Balaban J connectivity index is 1.32. The zero-order valence-corrected chi connectivity index (χ0v) is 15.8. The summed E-state index contributed by atoms with van der Waals surface area (Å²) in [6, 6.07) is 0. The van der Waals surface area contributed by atoms with Gasteiger partial charge >= 0.3 is 0 Å². The Kier molecular flexibility index (Phi) is 4.69. The van der Waals surface area contributed by atoms with E-state index >= 15 is 0 Å². The van der Waals surface area contributed by atoms with E-state index in [1.165, 1.54) is 58.0 Å². The standard InChI is InChI=1S/C19H32N6/c1-15-22-23-17-7-6-16(13-25(15)17)12-21-18(20-2)24-11-10-19(14-24)8-4-3-5-9-19/h16H,3-14H2,1-2H3,(H,20,21). The van der Waals surface area contributed by atoms with Crippen molar-refractivity contribution >= 4 is 5.96 Å². The molecular weight excluding hydrogens is 312 g/mol. The molecule has 1 atom stereocenters. The molecule has 1 aromatic rings. The van der Waals surface area contributed by atoms with Crippen LogP contribution in [0.1, 0.15) is 56.6 Å². The van der Waals surface area contributed by atoms with E-state index in [4.69, 9.17) is 0 Å². The van der Waals surface area contributed by atoms with Crippen LogP contribution in [0.15, 0.2) is 4.99 Å². The molecule has 3 aliphatic rings. The molecule has 138 valence electrons. The van der Waals surface area contributed by atoms with Crippen LogP contribution >= 0.6 is 0 Å². The Morgan fingerprint density at radius 2 is 2.08 bits per heavy atom. The van der Waals surface area contributed by atoms with Gasteiger partial charge in [-0.1, -0.05) is 19.3 Å². The third-order valence-electron chi connectivity index (χ3n) is 6.64. The first kappa shape index (κ1) is 16.9. The number of fused-ring (bicyclic) bond motifs is 1. The Hall–Kier alpha value is -1.59. The molecule has 1 spiro atoms. The molecule has 1 saturated carbocycles. The zero-order chi connectivity index (χ0) is 17.3. The van der Waals surface area contributed by atoms with Gasteiger partial charge in [0, 0.05) is 39.6 Å². The van der Waals surface area contributed by atoms with E-state index in [-0.39, 0.29) is 0 Å². The summed E-state index contributed by atoms with van der Waals surface area (Å²) in [6.07, 6.45) is 10.7. The summed E-state index contributed by atoms with van der Waals surface area (Å²) < 4.78 is 2.28. The van der Waals surface area contributed by atoms with Crippen molar-refractivity contribution in [2.45, 2.75) is 64.8 Å². The van der Waals surface area contributed by atoms with Crippen LogP contribution < -0.4 is 5.32 Å². The van der Waals surface area contributed by atoms with Gasteiger partial charge in [0.15, 0.2) is 5.96 Å². The fraction of sp³-hybridized carbons (Fsp3) is 0.842. The number of nitrogens with one attached hydrogen (secondary N) is 1. The molecule has 1 aromatic heterocycles. The Bertz CT molecular complexity index is 628. The summed E-state index contributed by atoms with van der Waals surface area (Å²) in [4.78, 5) is 7.09. The molecule has 2 fully saturated rings. The SMILES string of the molecule is CN=C(NCC1CCc2nnc(C)n2C1)N1CCC2(CCCCC2)C1. The smallest absolute Gasteiger partial charge is 0.193 e. The Labute approximate surface area is 151 Å². The van der Waals surface area contributed by atoms with Crippen LogP contribution in [0.25, 0.3) is 0 Å². The van der Waals surface area contributed by atoms with Crippen molar-refractivity contribution in [2.75, 3.05) is 26.7 Å². The zero-order valence-electron chi connectivity index (χ0n) is 15.8. The first-order chi connectivity index (χ1) is 12.2. The predicted molar refractivity (Wildman–Crippen MR) is 99.6 cm³/mol.